The molecule has 5 heteroatoms. The summed E-state index contributed by atoms with van der Waals surface area (Å²) in [5, 5.41) is 2.90. The molecule has 1 rings (SSSR count). The van der Waals surface area contributed by atoms with Gasteiger partial charge in [-0.15, -0.1) is 0 Å². The second-order valence-electron chi connectivity index (χ2n) is 6.31. The summed E-state index contributed by atoms with van der Waals surface area (Å²) in [4.78, 5) is 26.7. The van der Waals surface area contributed by atoms with Crippen LogP contribution >= 0.6 is 11.8 Å². The zero-order valence-electron chi connectivity index (χ0n) is 13.4. The van der Waals surface area contributed by atoms with Crippen LogP contribution in [0.4, 0.5) is 0 Å². The molecule has 2 amide bonds. The molecule has 0 bridgehead atoms. The number of hydrogen-bond acceptors (Lipinski definition) is 3. The Kier molecular flexibility index (Phi) is 6.37. The summed E-state index contributed by atoms with van der Waals surface area (Å²) in [6.07, 6.45) is 1.63. The number of nitrogens with one attached hydrogen (secondary N) is 1. The van der Waals surface area contributed by atoms with Crippen LogP contribution in [-0.4, -0.2) is 46.8 Å². The van der Waals surface area contributed by atoms with Crippen molar-refractivity contribution in [3.05, 3.63) is 0 Å². The van der Waals surface area contributed by atoms with E-state index in [1.807, 2.05) is 39.5 Å². The second-order valence-corrected chi connectivity index (χ2v) is 7.71. The number of thioether (sulfide) groups is 1. The maximum Gasteiger partial charge on any atom is 0.246 e. The lowest BCUT2D eigenvalue weighted by atomic mass is 9.83. The van der Waals surface area contributed by atoms with Crippen LogP contribution in [0.1, 0.15) is 47.5 Å². The highest BCUT2D eigenvalue weighted by molar-refractivity contribution is 7.99. The SMILES string of the molecule is CCSCCCN1C(=O)C(C(C)(C)C)NC(=O)C1CC. The Balaban J connectivity index is 2.78. The lowest BCUT2D eigenvalue weighted by molar-refractivity contribution is -0.152. The predicted octanol–water partition coefficient (Wildman–Crippen LogP) is 2.28. The predicted molar refractivity (Wildman–Crippen MR) is 84.8 cm³/mol. The fourth-order valence-corrected chi connectivity index (χ4v) is 3.12. The van der Waals surface area contributed by atoms with Gasteiger partial charge in [-0.1, -0.05) is 34.6 Å². The molecule has 0 saturated carbocycles. The summed E-state index contributed by atoms with van der Waals surface area (Å²) in [5.41, 5.74) is -0.248. The highest BCUT2D eigenvalue weighted by Gasteiger charge is 2.44. The molecule has 2 unspecified atom stereocenters. The molecule has 1 fully saturated rings. The molecule has 0 spiro atoms. The minimum Gasteiger partial charge on any atom is -0.342 e. The molecule has 1 N–H and O–H groups in total. The fourth-order valence-electron chi connectivity index (χ4n) is 2.50. The highest BCUT2D eigenvalue weighted by atomic mass is 32.2. The summed E-state index contributed by atoms with van der Waals surface area (Å²) >= 11 is 1.88. The van der Waals surface area contributed by atoms with Crippen LogP contribution in [0, 0.1) is 5.41 Å². The van der Waals surface area contributed by atoms with Gasteiger partial charge in [0.2, 0.25) is 11.8 Å². The maximum atomic E-state index is 12.7. The molecule has 2 atom stereocenters. The van der Waals surface area contributed by atoms with Gasteiger partial charge in [0.25, 0.3) is 0 Å². The van der Waals surface area contributed by atoms with Crippen molar-refractivity contribution in [2.24, 2.45) is 5.41 Å². The molecule has 1 saturated heterocycles. The first-order valence-corrected chi connectivity index (χ1v) is 8.67. The molecule has 0 radical (unpaired) electrons. The summed E-state index contributed by atoms with van der Waals surface area (Å²) in [6.45, 7) is 10.8. The van der Waals surface area contributed by atoms with Crippen LogP contribution in [0.15, 0.2) is 0 Å². The Labute approximate surface area is 127 Å². The van der Waals surface area contributed by atoms with E-state index in [4.69, 9.17) is 0 Å². The van der Waals surface area contributed by atoms with E-state index in [-0.39, 0.29) is 23.3 Å². The average molecular weight is 300 g/mol. The van der Waals surface area contributed by atoms with Crippen molar-refractivity contribution in [3.8, 4) is 0 Å². The Bertz CT molecular complexity index is 352. The molecule has 4 nitrogen and oxygen atoms in total. The van der Waals surface area contributed by atoms with Gasteiger partial charge in [-0.3, -0.25) is 9.59 Å². The number of amides is 2. The molecule has 116 valence electrons. The molecule has 0 aliphatic carbocycles. The number of rotatable bonds is 6. The normalized spacial score (nSPS) is 23.9. The minimum atomic E-state index is -0.406. The van der Waals surface area contributed by atoms with Gasteiger partial charge in [-0.2, -0.15) is 11.8 Å². The molecule has 1 aliphatic heterocycles. The van der Waals surface area contributed by atoms with Crippen molar-refractivity contribution in [1.29, 1.82) is 0 Å². The topological polar surface area (TPSA) is 49.4 Å². The van der Waals surface area contributed by atoms with E-state index in [1.54, 1.807) is 4.90 Å². The van der Waals surface area contributed by atoms with Gasteiger partial charge in [-0.05, 0) is 29.8 Å². The number of piperazine rings is 1. The van der Waals surface area contributed by atoms with Gasteiger partial charge in [0, 0.05) is 6.54 Å². The highest BCUT2D eigenvalue weighted by Crippen LogP contribution is 2.26. The van der Waals surface area contributed by atoms with E-state index in [2.05, 4.69) is 12.2 Å². The van der Waals surface area contributed by atoms with Gasteiger partial charge >= 0.3 is 0 Å². The zero-order chi connectivity index (χ0) is 15.3. The minimum absolute atomic E-state index is 0.00447. The van der Waals surface area contributed by atoms with E-state index in [0.717, 1.165) is 17.9 Å². The smallest absolute Gasteiger partial charge is 0.246 e. The van der Waals surface area contributed by atoms with E-state index < -0.39 is 6.04 Å². The van der Waals surface area contributed by atoms with E-state index in [0.29, 0.717) is 13.0 Å². The monoisotopic (exact) mass is 300 g/mol. The summed E-state index contributed by atoms with van der Waals surface area (Å²) in [5.74, 6) is 2.20. The summed E-state index contributed by atoms with van der Waals surface area (Å²) in [7, 11) is 0. The molecule has 0 aromatic rings. The molecular formula is C15H28N2O2S. The lowest BCUT2D eigenvalue weighted by Gasteiger charge is -2.43. The largest absolute Gasteiger partial charge is 0.342 e. The first-order chi connectivity index (χ1) is 9.32. The molecule has 0 aromatic carbocycles. The van der Waals surface area contributed by atoms with Gasteiger partial charge in [0.15, 0.2) is 0 Å². The standard InChI is InChI=1S/C15H28N2O2S/c1-6-11-13(18)16-12(15(3,4)5)14(19)17(11)9-8-10-20-7-2/h11-12H,6-10H2,1-5H3,(H,16,18). The van der Waals surface area contributed by atoms with Crippen molar-refractivity contribution >= 4 is 23.6 Å². The van der Waals surface area contributed by atoms with Crippen molar-refractivity contribution in [2.75, 3.05) is 18.1 Å². The van der Waals surface area contributed by atoms with E-state index >= 15 is 0 Å². The van der Waals surface area contributed by atoms with Gasteiger partial charge < -0.3 is 10.2 Å². The van der Waals surface area contributed by atoms with E-state index in [9.17, 15) is 9.59 Å². The Morgan fingerprint density at radius 2 is 1.90 bits per heavy atom. The van der Waals surface area contributed by atoms with Crippen molar-refractivity contribution in [3.63, 3.8) is 0 Å². The van der Waals surface area contributed by atoms with E-state index in [1.165, 1.54) is 0 Å². The second kappa shape index (κ2) is 7.34. The van der Waals surface area contributed by atoms with Crippen molar-refractivity contribution in [1.82, 2.24) is 10.2 Å². The third-order valence-electron chi connectivity index (χ3n) is 3.64. The van der Waals surface area contributed by atoms with Crippen LogP contribution in [0.5, 0.6) is 0 Å². The maximum absolute atomic E-state index is 12.7. The van der Waals surface area contributed by atoms with Gasteiger partial charge in [0.05, 0.1) is 0 Å². The fraction of sp³-hybridized carbons (Fsp3) is 0.867. The molecular weight excluding hydrogens is 272 g/mol. The number of nitrogens with zero attached hydrogens (tertiary/aromatic N) is 1. The van der Waals surface area contributed by atoms with Crippen LogP contribution in [-0.2, 0) is 9.59 Å². The number of carbonyl (C=O) groups is 2. The molecule has 20 heavy (non-hydrogen) atoms. The van der Waals surface area contributed by atoms with Crippen LogP contribution in [0.2, 0.25) is 0 Å². The quantitative estimate of drug-likeness (QED) is 0.766. The average Bonchev–Trinajstić information content (AvgIpc) is 2.36. The zero-order valence-corrected chi connectivity index (χ0v) is 14.2. The molecule has 1 heterocycles. The number of carbonyl (C=O) groups excluding carboxylic acids is 2. The van der Waals surface area contributed by atoms with Crippen molar-refractivity contribution in [2.45, 2.75) is 59.5 Å². The Morgan fingerprint density at radius 1 is 1.25 bits per heavy atom. The summed E-state index contributed by atoms with van der Waals surface area (Å²) < 4.78 is 0. The number of hydrogen-bond donors (Lipinski definition) is 1. The third kappa shape index (κ3) is 4.14. The lowest BCUT2D eigenvalue weighted by Crippen LogP contribution is -2.66. The van der Waals surface area contributed by atoms with Crippen LogP contribution in [0.25, 0.3) is 0 Å². The van der Waals surface area contributed by atoms with Crippen molar-refractivity contribution < 1.29 is 9.59 Å². The Hall–Kier alpha value is -0.710. The first kappa shape index (κ1) is 17.3. The Morgan fingerprint density at radius 3 is 2.40 bits per heavy atom. The molecule has 1 aliphatic rings. The third-order valence-corrected chi connectivity index (χ3v) is 4.63. The summed E-state index contributed by atoms with van der Waals surface area (Å²) in [6, 6.07) is -0.704. The van der Waals surface area contributed by atoms with Crippen LogP contribution in [0.3, 0.4) is 0 Å². The first-order valence-electron chi connectivity index (χ1n) is 7.51. The van der Waals surface area contributed by atoms with Gasteiger partial charge in [-0.25, -0.2) is 0 Å². The molecule has 0 aromatic heterocycles. The van der Waals surface area contributed by atoms with Crippen LogP contribution < -0.4 is 5.32 Å². The van der Waals surface area contributed by atoms with Gasteiger partial charge in [0.1, 0.15) is 12.1 Å².